The molecule has 2 fully saturated rings. The highest BCUT2D eigenvalue weighted by atomic mass is 35.5. The van der Waals surface area contributed by atoms with Crippen molar-refractivity contribution in [1.29, 1.82) is 0 Å². The second-order valence-corrected chi connectivity index (χ2v) is 8.53. The van der Waals surface area contributed by atoms with Crippen molar-refractivity contribution in [3.63, 3.8) is 0 Å². The van der Waals surface area contributed by atoms with Crippen LogP contribution >= 0.6 is 35.0 Å². The summed E-state index contributed by atoms with van der Waals surface area (Å²) in [6.45, 7) is 0.361. The van der Waals surface area contributed by atoms with Gasteiger partial charge in [-0.15, -0.1) is 0 Å². The Labute approximate surface area is 176 Å². The zero-order chi connectivity index (χ0) is 19.5. The topological polar surface area (TPSA) is 76.5 Å². The van der Waals surface area contributed by atoms with Crippen molar-refractivity contribution < 1.29 is 14.2 Å². The molecule has 2 unspecified atom stereocenters. The van der Waals surface area contributed by atoms with Crippen LogP contribution in [0, 0.1) is 0 Å². The fourth-order valence-electron chi connectivity index (χ4n) is 3.33. The molecule has 2 heterocycles. The summed E-state index contributed by atoms with van der Waals surface area (Å²) in [5.41, 5.74) is 9.74. The molecule has 2 aromatic rings. The van der Waals surface area contributed by atoms with Gasteiger partial charge in [0.05, 0.1) is 28.8 Å². The zero-order valence-corrected chi connectivity index (χ0v) is 17.0. The number of rotatable bonds is 4. The number of hydrogen-bond donors (Lipinski definition) is 0. The minimum Gasteiger partial charge on any atom is -0.359 e. The highest BCUT2D eigenvalue weighted by Crippen LogP contribution is 2.40. The van der Waals surface area contributed by atoms with Gasteiger partial charge in [0, 0.05) is 15.4 Å². The zero-order valence-electron chi connectivity index (χ0n) is 14.7. The first-order valence-corrected chi connectivity index (χ1v) is 10.4. The molecule has 0 spiro atoms. The van der Waals surface area contributed by atoms with Gasteiger partial charge >= 0.3 is 0 Å². The summed E-state index contributed by atoms with van der Waals surface area (Å²) in [6.07, 6.45) is -0.649. The van der Waals surface area contributed by atoms with Crippen LogP contribution in [0.2, 0.25) is 10.0 Å². The lowest BCUT2D eigenvalue weighted by atomic mass is 9.99. The maximum absolute atomic E-state index is 9.03. The number of ether oxygens (including phenoxy) is 3. The number of hydrogen-bond acceptors (Lipinski definition) is 5. The van der Waals surface area contributed by atoms with Gasteiger partial charge in [-0.05, 0) is 30.2 Å². The lowest BCUT2D eigenvalue weighted by molar-refractivity contribution is -0.284. The van der Waals surface area contributed by atoms with E-state index in [-0.39, 0.29) is 23.7 Å². The Morgan fingerprint density at radius 3 is 2.64 bits per heavy atom. The molecule has 0 aliphatic carbocycles. The first-order valence-electron chi connectivity index (χ1n) is 8.77. The van der Waals surface area contributed by atoms with Crippen molar-refractivity contribution in [3.8, 4) is 0 Å². The molecule has 6 nitrogen and oxygen atoms in total. The molecule has 0 bridgehead atoms. The molecule has 2 aromatic carbocycles. The number of fused-ring (bicyclic) bond motifs is 1. The highest BCUT2D eigenvalue weighted by molar-refractivity contribution is 7.99. The minimum absolute atomic E-state index is 0.213. The van der Waals surface area contributed by atoms with Crippen LogP contribution in [0.4, 0.5) is 0 Å². The van der Waals surface area contributed by atoms with E-state index in [9.17, 15) is 0 Å². The van der Waals surface area contributed by atoms with E-state index >= 15 is 0 Å². The van der Waals surface area contributed by atoms with E-state index in [1.165, 1.54) is 11.8 Å². The van der Waals surface area contributed by atoms with Crippen LogP contribution in [0.5, 0.6) is 0 Å². The molecule has 5 atom stereocenters. The number of thioether (sulfide) groups is 1. The smallest absolute Gasteiger partial charge is 0.184 e. The van der Waals surface area contributed by atoms with Gasteiger partial charge in [-0.25, -0.2) is 0 Å². The molecule has 9 heteroatoms. The quantitative estimate of drug-likeness (QED) is 0.334. The third-order valence-corrected chi connectivity index (χ3v) is 6.46. The molecule has 0 saturated carbocycles. The maximum atomic E-state index is 9.03. The fourth-order valence-corrected chi connectivity index (χ4v) is 4.82. The molecule has 2 aliphatic heterocycles. The molecular weight excluding hydrogens is 421 g/mol. The molecule has 0 amide bonds. The van der Waals surface area contributed by atoms with Gasteiger partial charge in [0.25, 0.3) is 0 Å². The van der Waals surface area contributed by atoms with Crippen molar-refractivity contribution in [1.82, 2.24) is 0 Å². The average molecular weight is 438 g/mol. The first kappa shape index (κ1) is 19.9. The summed E-state index contributed by atoms with van der Waals surface area (Å²) in [6, 6.07) is 14.8. The van der Waals surface area contributed by atoms with E-state index < -0.39 is 6.29 Å². The SMILES string of the molecule is [N-]=[N+]=NC1C[C@@H](Sc2ccc(Cl)c(Cl)c2)O[C@@H]2COC(c3ccccc3)O[C@H]12. The van der Waals surface area contributed by atoms with E-state index in [0.717, 1.165) is 10.5 Å². The van der Waals surface area contributed by atoms with Crippen LogP contribution in [0.15, 0.2) is 58.5 Å². The molecule has 146 valence electrons. The normalized spacial score (nSPS) is 29.6. The summed E-state index contributed by atoms with van der Waals surface area (Å²) < 4.78 is 18.2. The molecule has 28 heavy (non-hydrogen) atoms. The Kier molecular flexibility index (Phi) is 6.33. The number of nitrogens with zero attached hydrogens (tertiary/aromatic N) is 3. The predicted molar refractivity (Wildman–Crippen MR) is 109 cm³/mol. The van der Waals surface area contributed by atoms with Gasteiger partial charge in [-0.3, -0.25) is 0 Å². The van der Waals surface area contributed by atoms with Gasteiger partial charge in [-0.1, -0.05) is 70.4 Å². The average Bonchev–Trinajstić information content (AvgIpc) is 2.71. The van der Waals surface area contributed by atoms with Gasteiger partial charge in [0.2, 0.25) is 0 Å². The third kappa shape index (κ3) is 4.42. The van der Waals surface area contributed by atoms with Crippen LogP contribution in [0.3, 0.4) is 0 Å². The Hall–Kier alpha value is -1.44. The van der Waals surface area contributed by atoms with Crippen LogP contribution < -0.4 is 0 Å². The van der Waals surface area contributed by atoms with E-state index in [0.29, 0.717) is 23.1 Å². The van der Waals surface area contributed by atoms with Crippen LogP contribution in [-0.2, 0) is 14.2 Å². The maximum Gasteiger partial charge on any atom is 0.184 e. The molecule has 0 aromatic heterocycles. The Balaban J connectivity index is 1.48. The molecule has 0 N–H and O–H groups in total. The monoisotopic (exact) mass is 437 g/mol. The highest BCUT2D eigenvalue weighted by Gasteiger charge is 2.44. The van der Waals surface area contributed by atoms with E-state index in [1.54, 1.807) is 12.1 Å². The summed E-state index contributed by atoms with van der Waals surface area (Å²) in [5.74, 6) is 0. The molecule has 2 saturated heterocycles. The standard InChI is InChI=1S/C19H17Cl2N3O3S/c20-13-7-6-12(8-14(13)21)28-17-9-15(23-24-22)18-16(26-17)10-25-19(27-18)11-4-2-1-3-5-11/h1-8,15-19H,9-10H2/t15?,16-,17-,18-,19?/m1/s1. The van der Waals surface area contributed by atoms with Crippen molar-refractivity contribution in [2.75, 3.05) is 6.61 Å². The predicted octanol–water partition coefficient (Wildman–Crippen LogP) is 5.99. The van der Waals surface area contributed by atoms with Gasteiger partial charge in [-0.2, -0.15) is 0 Å². The largest absolute Gasteiger partial charge is 0.359 e. The minimum atomic E-state index is -0.498. The van der Waals surface area contributed by atoms with Crippen LogP contribution in [0.1, 0.15) is 18.3 Å². The summed E-state index contributed by atoms with van der Waals surface area (Å²) in [4.78, 5) is 3.94. The van der Waals surface area contributed by atoms with Crippen molar-refractivity contribution in [2.24, 2.45) is 5.11 Å². The fraction of sp³-hybridized carbons (Fsp3) is 0.368. The number of azide groups is 1. The van der Waals surface area contributed by atoms with Gasteiger partial charge < -0.3 is 14.2 Å². The Morgan fingerprint density at radius 1 is 1.07 bits per heavy atom. The van der Waals surface area contributed by atoms with Crippen LogP contribution in [0.25, 0.3) is 10.4 Å². The van der Waals surface area contributed by atoms with Crippen molar-refractivity contribution in [3.05, 3.63) is 74.6 Å². The van der Waals surface area contributed by atoms with E-state index in [1.807, 2.05) is 36.4 Å². The summed E-state index contributed by atoms with van der Waals surface area (Å²) in [5, 5.41) is 4.97. The second-order valence-electron chi connectivity index (χ2n) is 6.48. The van der Waals surface area contributed by atoms with Crippen molar-refractivity contribution in [2.45, 2.75) is 41.3 Å². The number of benzene rings is 2. The molecule has 4 rings (SSSR count). The first-order chi connectivity index (χ1) is 13.6. The molecule has 0 radical (unpaired) electrons. The van der Waals surface area contributed by atoms with Crippen molar-refractivity contribution >= 4 is 35.0 Å². The lowest BCUT2D eigenvalue weighted by Crippen LogP contribution is -2.53. The summed E-state index contributed by atoms with van der Waals surface area (Å²) >= 11 is 13.6. The van der Waals surface area contributed by atoms with Gasteiger partial charge in [0.15, 0.2) is 6.29 Å². The number of halogens is 2. The third-order valence-electron chi connectivity index (χ3n) is 4.63. The van der Waals surface area contributed by atoms with Gasteiger partial charge in [0.1, 0.15) is 11.5 Å². The van der Waals surface area contributed by atoms with E-state index in [2.05, 4.69) is 10.0 Å². The summed E-state index contributed by atoms with van der Waals surface area (Å²) in [7, 11) is 0. The van der Waals surface area contributed by atoms with E-state index in [4.69, 9.17) is 42.9 Å². The molecular formula is C19H17Cl2N3O3S. The lowest BCUT2D eigenvalue weighted by Gasteiger charge is -2.44. The molecule has 2 aliphatic rings. The Bertz CT molecular complexity index is 882. The van der Waals surface area contributed by atoms with Crippen LogP contribution in [-0.4, -0.2) is 30.3 Å². The second kappa shape index (κ2) is 8.93. The Morgan fingerprint density at radius 2 is 1.89 bits per heavy atom.